The molecular formula is C29H34ClN3O4S. The Morgan fingerprint density at radius 2 is 1.74 bits per heavy atom. The number of amides is 3. The van der Waals surface area contributed by atoms with Crippen LogP contribution >= 0.6 is 23.4 Å². The molecule has 3 N–H and O–H groups in total. The molecule has 2 bridgehead atoms. The van der Waals surface area contributed by atoms with Crippen molar-refractivity contribution in [1.82, 2.24) is 4.90 Å². The first-order chi connectivity index (χ1) is 18.2. The molecule has 0 radical (unpaired) electrons. The number of para-hydroxylation sites is 1. The lowest BCUT2D eigenvalue weighted by Crippen LogP contribution is -2.58. The molecule has 2 aromatic carbocycles. The minimum atomic E-state index is -0.818. The lowest BCUT2D eigenvalue weighted by molar-refractivity contribution is -0.142. The number of hydrogen-bond donors (Lipinski definition) is 3. The zero-order chi connectivity index (χ0) is 27.2. The third kappa shape index (κ3) is 4.31. The molecule has 38 heavy (non-hydrogen) atoms. The van der Waals surface area contributed by atoms with Crippen molar-refractivity contribution < 1.29 is 19.5 Å². The van der Waals surface area contributed by atoms with Crippen molar-refractivity contribution >= 4 is 52.5 Å². The van der Waals surface area contributed by atoms with E-state index in [4.69, 9.17) is 11.6 Å². The first-order valence-electron chi connectivity index (χ1n) is 13.3. The monoisotopic (exact) mass is 555 g/mol. The number of rotatable bonds is 8. The zero-order valence-corrected chi connectivity index (χ0v) is 23.3. The molecule has 3 aliphatic rings. The van der Waals surface area contributed by atoms with Gasteiger partial charge in [0.25, 0.3) is 0 Å². The molecule has 5 rings (SSSR count). The van der Waals surface area contributed by atoms with Crippen molar-refractivity contribution in [2.75, 3.05) is 17.2 Å². The Hall–Kier alpha value is -2.55. The molecule has 1 spiro atoms. The highest BCUT2D eigenvalue weighted by Crippen LogP contribution is 2.69. The lowest BCUT2D eigenvalue weighted by Gasteiger charge is -2.41. The van der Waals surface area contributed by atoms with Crippen molar-refractivity contribution in [2.24, 2.45) is 23.7 Å². The number of nitrogens with one attached hydrogen (secondary N) is 2. The second kappa shape index (κ2) is 10.5. The third-order valence-electron chi connectivity index (χ3n) is 8.73. The van der Waals surface area contributed by atoms with Crippen molar-refractivity contribution in [2.45, 2.75) is 55.7 Å². The van der Waals surface area contributed by atoms with Crippen LogP contribution in [0.1, 0.15) is 33.6 Å². The van der Waals surface area contributed by atoms with E-state index in [2.05, 4.69) is 17.6 Å². The second-order valence-electron chi connectivity index (χ2n) is 10.8. The second-order valence-corrected chi connectivity index (χ2v) is 12.8. The number of carbonyl (C=O) groups excluding carboxylic acids is 3. The first-order valence-corrected chi connectivity index (χ1v) is 14.5. The van der Waals surface area contributed by atoms with Crippen molar-refractivity contribution in [3.63, 3.8) is 0 Å². The van der Waals surface area contributed by atoms with Gasteiger partial charge >= 0.3 is 0 Å². The molecule has 202 valence electrons. The van der Waals surface area contributed by atoms with E-state index >= 15 is 0 Å². The number of thioether (sulfide) groups is 1. The summed E-state index contributed by atoms with van der Waals surface area (Å²) in [7, 11) is 0. The summed E-state index contributed by atoms with van der Waals surface area (Å²) in [6.07, 6.45) is 1.48. The van der Waals surface area contributed by atoms with Gasteiger partial charge in [-0.2, -0.15) is 0 Å². The maximum atomic E-state index is 14.3. The number of nitrogens with zero attached hydrogens (tertiary/aromatic N) is 1. The van der Waals surface area contributed by atoms with Gasteiger partial charge in [0.15, 0.2) is 0 Å². The van der Waals surface area contributed by atoms with Gasteiger partial charge in [0.2, 0.25) is 17.7 Å². The molecular weight excluding hydrogens is 522 g/mol. The van der Waals surface area contributed by atoms with Crippen LogP contribution in [0.15, 0.2) is 54.6 Å². The highest BCUT2D eigenvalue weighted by atomic mass is 35.5. The fourth-order valence-electron chi connectivity index (χ4n) is 6.72. The molecule has 3 amide bonds. The summed E-state index contributed by atoms with van der Waals surface area (Å²) >= 11 is 7.66. The molecule has 0 aliphatic carbocycles. The highest BCUT2D eigenvalue weighted by Gasteiger charge is 2.76. The lowest BCUT2D eigenvalue weighted by atomic mass is 9.66. The fourth-order valence-corrected chi connectivity index (χ4v) is 9.26. The summed E-state index contributed by atoms with van der Waals surface area (Å²) in [6, 6.07) is 14.8. The van der Waals surface area contributed by atoms with Crippen LogP contribution in [0.2, 0.25) is 5.02 Å². The molecule has 9 heteroatoms. The molecule has 3 heterocycles. The molecule has 3 unspecified atom stereocenters. The Bertz CT molecular complexity index is 1210. The highest BCUT2D eigenvalue weighted by molar-refractivity contribution is 8.02. The van der Waals surface area contributed by atoms with Gasteiger partial charge in [0, 0.05) is 21.6 Å². The van der Waals surface area contributed by atoms with Crippen LogP contribution < -0.4 is 10.6 Å². The quantitative estimate of drug-likeness (QED) is 0.440. The largest absolute Gasteiger partial charge is 0.394 e. The van der Waals surface area contributed by atoms with Gasteiger partial charge in [-0.05, 0) is 54.7 Å². The number of anilines is 2. The molecule has 7 nitrogen and oxygen atoms in total. The van der Waals surface area contributed by atoms with Crippen LogP contribution in [-0.4, -0.2) is 56.4 Å². The molecule has 3 aliphatic heterocycles. The summed E-state index contributed by atoms with van der Waals surface area (Å²) in [4.78, 5) is 43.7. The van der Waals surface area contributed by atoms with Gasteiger partial charge in [-0.3, -0.25) is 14.4 Å². The van der Waals surface area contributed by atoms with E-state index in [-0.39, 0.29) is 41.4 Å². The molecule has 2 aromatic rings. The van der Waals surface area contributed by atoms with Gasteiger partial charge in [-0.25, -0.2) is 0 Å². The summed E-state index contributed by atoms with van der Waals surface area (Å²) < 4.78 is -0.766. The minimum absolute atomic E-state index is 0.0286. The van der Waals surface area contributed by atoms with Crippen LogP contribution in [0.3, 0.4) is 0 Å². The molecule has 0 aromatic heterocycles. The van der Waals surface area contributed by atoms with Gasteiger partial charge < -0.3 is 20.6 Å². The SMILES string of the molecule is CC[C@H](C)[C@H](CO)N1C(=O)[C@@H]2[C@H](C(=O)Nc3ccccc3)[C@@H]3CC(C)C2(S3)C1C(=O)Nc1ccc(Cl)cc1. The fraction of sp³-hybridized carbons (Fsp3) is 0.483. The number of hydrogen-bond acceptors (Lipinski definition) is 5. The zero-order valence-electron chi connectivity index (χ0n) is 21.8. The average Bonchev–Trinajstić information content (AvgIpc) is 3.50. The number of aliphatic hydroxyl groups excluding tert-OH is 1. The summed E-state index contributed by atoms with van der Waals surface area (Å²) in [5.41, 5.74) is 1.26. The summed E-state index contributed by atoms with van der Waals surface area (Å²) in [5, 5.41) is 17.0. The molecule has 3 fully saturated rings. The maximum Gasteiger partial charge on any atom is 0.248 e. The number of likely N-dealkylation sites (tertiary alicyclic amines) is 1. The standard InChI is InChI=1S/C29H34ClN3O4S/c1-4-16(2)21(15-34)33-25(27(36)32-20-12-10-18(30)11-13-20)29-17(3)14-22(38-29)23(24(29)28(33)37)26(35)31-19-8-6-5-7-9-19/h5-13,16-17,21-25,34H,4,14-15H2,1-3H3,(H,31,35)(H,32,36)/t16-,17?,21-,22-,23+,24-,25?,29?/m0/s1. The minimum Gasteiger partial charge on any atom is -0.394 e. The number of benzene rings is 2. The van der Waals surface area contributed by atoms with Crippen molar-refractivity contribution in [3.05, 3.63) is 59.6 Å². The number of halogens is 1. The van der Waals surface area contributed by atoms with Crippen LogP contribution in [-0.2, 0) is 14.4 Å². The number of carbonyl (C=O) groups is 3. The van der Waals surface area contributed by atoms with Crippen molar-refractivity contribution in [1.29, 1.82) is 0 Å². The predicted octanol–water partition coefficient (Wildman–Crippen LogP) is 4.66. The van der Waals surface area contributed by atoms with E-state index in [9.17, 15) is 19.5 Å². The van der Waals surface area contributed by atoms with E-state index in [1.807, 2.05) is 44.2 Å². The smallest absolute Gasteiger partial charge is 0.248 e. The van der Waals surface area contributed by atoms with E-state index in [1.54, 1.807) is 40.9 Å². The van der Waals surface area contributed by atoms with Gasteiger partial charge in [-0.15, -0.1) is 11.8 Å². The summed E-state index contributed by atoms with van der Waals surface area (Å²) in [5.74, 6) is -1.90. The van der Waals surface area contributed by atoms with E-state index < -0.39 is 28.7 Å². The Morgan fingerprint density at radius 1 is 1.11 bits per heavy atom. The van der Waals surface area contributed by atoms with Crippen molar-refractivity contribution in [3.8, 4) is 0 Å². The normalized spacial score (nSPS) is 31.1. The molecule has 3 saturated heterocycles. The maximum absolute atomic E-state index is 14.3. The Balaban J connectivity index is 1.55. The third-order valence-corrected chi connectivity index (χ3v) is 11.1. The number of aliphatic hydroxyl groups is 1. The van der Waals surface area contributed by atoms with Gasteiger partial charge in [-0.1, -0.05) is 57.0 Å². The van der Waals surface area contributed by atoms with Crippen LogP contribution in [0.25, 0.3) is 0 Å². The Kier molecular flexibility index (Phi) is 7.50. The molecule has 8 atom stereocenters. The topological polar surface area (TPSA) is 98.7 Å². The van der Waals surface area contributed by atoms with E-state index in [0.717, 1.165) is 12.8 Å². The Morgan fingerprint density at radius 3 is 2.37 bits per heavy atom. The average molecular weight is 556 g/mol. The number of fused-ring (bicyclic) bond motifs is 1. The van der Waals surface area contributed by atoms with Crippen LogP contribution in [0.5, 0.6) is 0 Å². The van der Waals surface area contributed by atoms with Gasteiger partial charge in [0.05, 0.1) is 29.2 Å². The molecule has 0 saturated carbocycles. The summed E-state index contributed by atoms with van der Waals surface area (Å²) in [6.45, 7) is 5.83. The van der Waals surface area contributed by atoms with Crippen LogP contribution in [0.4, 0.5) is 11.4 Å². The van der Waals surface area contributed by atoms with E-state index in [0.29, 0.717) is 16.4 Å². The van der Waals surface area contributed by atoms with Crippen LogP contribution in [0, 0.1) is 23.7 Å². The van der Waals surface area contributed by atoms with Gasteiger partial charge in [0.1, 0.15) is 6.04 Å². The predicted molar refractivity (Wildman–Crippen MR) is 151 cm³/mol. The van der Waals surface area contributed by atoms with E-state index in [1.165, 1.54) is 0 Å². The first kappa shape index (κ1) is 27.0. The Labute approximate surface area is 232 Å².